The fourth-order valence-corrected chi connectivity index (χ4v) is 3.27. The van der Waals surface area contributed by atoms with E-state index in [1.165, 1.54) is 16.5 Å². The summed E-state index contributed by atoms with van der Waals surface area (Å²) in [4.78, 5) is 4.61. The first kappa shape index (κ1) is 12.1. The van der Waals surface area contributed by atoms with Gasteiger partial charge in [0.2, 0.25) is 0 Å². The molecule has 0 aliphatic carbocycles. The quantitative estimate of drug-likeness (QED) is 0.788. The predicted octanol–water partition coefficient (Wildman–Crippen LogP) is 4.20. The van der Waals surface area contributed by atoms with Crippen molar-refractivity contribution in [3.05, 3.63) is 40.0 Å². The van der Waals surface area contributed by atoms with E-state index < -0.39 is 0 Å². The first-order chi connectivity index (χ1) is 8.74. The molecule has 0 saturated carbocycles. The van der Waals surface area contributed by atoms with Crippen LogP contribution in [0.1, 0.15) is 29.9 Å². The molecule has 2 heterocycles. The number of nitrogens with zero attached hydrogens (tertiary/aromatic N) is 1. The zero-order chi connectivity index (χ0) is 12.5. The summed E-state index contributed by atoms with van der Waals surface area (Å²) in [5.74, 6) is 0.601. The number of aromatic nitrogens is 1. The molecule has 18 heavy (non-hydrogen) atoms. The smallest absolute Gasteiger partial charge is 0.0716 e. The van der Waals surface area contributed by atoms with E-state index in [0.29, 0.717) is 5.92 Å². The molecule has 0 unspecified atom stereocenters. The maximum absolute atomic E-state index is 5.42. The third-order valence-electron chi connectivity index (χ3n) is 3.61. The van der Waals surface area contributed by atoms with E-state index in [0.717, 1.165) is 36.0 Å². The highest BCUT2D eigenvalue weighted by Crippen LogP contribution is 2.31. The van der Waals surface area contributed by atoms with Gasteiger partial charge in [-0.3, -0.25) is 4.98 Å². The Hall–Kier alpha value is -0.930. The first-order valence-corrected chi connectivity index (χ1v) is 7.17. The van der Waals surface area contributed by atoms with E-state index in [1.807, 2.05) is 6.20 Å². The lowest BCUT2D eigenvalue weighted by atomic mass is 9.92. The zero-order valence-electron chi connectivity index (χ0n) is 10.4. The van der Waals surface area contributed by atoms with Gasteiger partial charge in [0.15, 0.2) is 0 Å². The molecule has 1 aliphatic rings. The van der Waals surface area contributed by atoms with E-state index >= 15 is 0 Å². The minimum Gasteiger partial charge on any atom is -0.381 e. The lowest BCUT2D eigenvalue weighted by Gasteiger charge is -2.22. The first-order valence-electron chi connectivity index (χ1n) is 6.37. The van der Waals surface area contributed by atoms with Crippen LogP contribution in [0.25, 0.3) is 10.9 Å². The standard InChI is InChI=1S/C15H16BrNO/c1-10-6-14(16)13-8-12(9-17-15(13)7-10)11-2-4-18-5-3-11/h6-9,11H,2-5H2,1H3. The van der Waals surface area contributed by atoms with E-state index in [1.54, 1.807) is 0 Å². The number of pyridine rings is 1. The maximum atomic E-state index is 5.42. The van der Waals surface area contributed by atoms with Crippen molar-refractivity contribution >= 4 is 26.8 Å². The predicted molar refractivity (Wildman–Crippen MR) is 77.0 cm³/mol. The van der Waals surface area contributed by atoms with Crippen LogP contribution in [0.2, 0.25) is 0 Å². The zero-order valence-corrected chi connectivity index (χ0v) is 12.0. The molecule has 94 valence electrons. The molecule has 1 saturated heterocycles. The van der Waals surface area contributed by atoms with Crippen molar-refractivity contribution in [2.75, 3.05) is 13.2 Å². The monoisotopic (exact) mass is 305 g/mol. The Morgan fingerprint density at radius 1 is 1.22 bits per heavy atom. The Kier molecular flexibility index (Phi) is 3.35. The lowest BCUT2D eigenvalue weighted by Crippen LogP contribution is -2.14. The Bertz CT molecular complexity index is 576. The largest absolute Gasteiger partial charge is 0.381 e. The number of rotatable bonds is 1. The molecule has 2 aromatic rings. The molecule has 0 radical (unpaired) electrons. The normalized spacial score (nSPS) is 17.2. The summed E-state index contributed by atoms with van der Waals surface area (Å²) < 4.78 is 6.56. The van der Waals surface area contributed by atoms with Crippen molar-refractivity contribution in [1.29, 1.82) is 0 Å². The van der Waals surface area contributed by atoms with Crippen LogP contribution in [0.5, 0.6) is 0 Å². The summed E-state index contributed by atoms with van der Waals surface area (Å²) >= 11 is 3.64. The van der Waals surface area contributed by atoms with Crippen molar-refractivity contribution in [3.63, 3.8) is 0 Å². The van der Waals surface area contributed by atoms with Crippen LogP contribution in [0.15, 0.2) is 28.9 Å². The average Bonchev–Trinajstić information content (AvgIpc) is 2.39. The fourth-order valence-electron chi connectivity index (χ4n) is 2.59. The average molecular weight is 306 g/mol. The minimum absolute atomic E-state index is 0.601. The van der Waals surface area contributed by atoms with Gasteiger partial charge in [-0.25, -0.2) is 0 Å². The van der Waals surface area contributed by atoms with E-state index in [4.69, 9.17) is 4.74 Å². The number of halogens is 1. The molecule has 3 rings (SSSR count). The number of hydrogen-bond donors (Lipinski definition) is 0. The summed E-state index contributed by atoms with van der Waals surface area (Å²) in [6, 6.07) is 6.56. The Morgan fingerprint density at radius 3 is 2.78 bits per heavy atom. The highest BCUT2D eigenvalue weighted by atomic mass is 79.9. The summed E-state index contributed by atoms with van der Waals surface area (Å²) in [7, 11) is 0. The molecule has 1 fully saturated rings. The SMILES string of the molecule is Cc1cc(Br)c2cc(C3CCOCC3)cnc2c1. The summed E-state index contributed by atoms with van der Waals surface area (Å²) in [6.07, 6.45) is 4.25. The van der Waals surface area contributed by atoms with Crippen LogP contribution < -0.4 is 0 Å². The van der Waals surface area contributed by atoms with Crippen LogP contribution in [0.3, 0.4) is 0 Å². The Morgan fingerprint density at radius 2 is 2.00 bits per heavy atom. The third kappa shape index (κ3) is 2.29. The molecule has 0 bridgehead atoms. The Labute approximate surface area is 115 Å². The number of aryl methyl sites for hydroxylation is 1. The van der Waals surface area contributed by atoms with Gasteiger partial charge in [-0.15, -0.1) is 0 Å². The minimum atomic E-state index is 0.601. The molecule has 0 N–H and O–H groups in total. The summed E-state index contributed by atoms with van der Waals surface area (Å²) in [6.45, 7) is 3.84. The van der Waals surface area contributed by atoms with Gasteiger partial charge < -0.3 is 4.74 Å². The van der Waals surface area contributed by atoms with Gasteiger partial charge in [0.1, 0.15) is 0 Å². The van der Waals surface area contributed by atoms with Gasteiger partial charge >= 0.3 is 0 Å². The second kappa shape index (κ2) is 4.98. The van der Waals surface area contributed by atoms with Crippen LogP contribution >= 0.6 is 15.9 Å². The van der Waals surface area contributed by atoms with Gasteiger partial charge in [-0.2, -0.15) is 0 Å². The number of fused-ring (bicyclic) bond motifs is 1. The maximum Gasteiger partial charge on any atom is 0.0716 e. The van der Waals surface area contributed by atoms with Crippen LogP contribution in [0, 0.1) is 6.92 Å². The van der Waals surface area contributed by atoms with Gasteiger partial charge in [0, 0.05) is 29.3 Å². The van der Waals surface area contributed by atoms with E-state index in [2.05, 4.69) is 46.0 Å². The molecule has 0 amide bonds. The number of hydrogen-bond acceptors (Lipinski definition) is 2. The third-order valence-corrected chi connectivity index (χ3v) is 4.26. The van der Waals surface area contributed by atoms with Crippen molar-refractivity contribution in [1.82, 2.24) is 4.98 Å². The summed E-state index contributed by atoms with van der Waals surface area (Å²) in [5, 5.41) is 1.21. The molecule has 0 spiro atoms. The van der Waals surface area contributed by atoms with Crippen LogP contribution in [-0.2, 0) is 4.74 Å². The van der Waals surface area contributed by atoms with E-state index in [9.17, 15) is 0 Å². The molecule has 1 aliphatic heterocycles. The molecule has 0 atom stereocenters. The van der Waals surface area contributed by atoms with Crippen LogP contribution in [0.4, 0.5) is 0 Å². The molecule has 1 aromatic heterocycles. The molecular weight excluding hydrogens is 290 g/mol. The lowest BCUT2D eigenvalue weighted by molar-refractivity contribution is 0.0853. The second-order valence-electron chi connectivity index (χ2n) is 4.97. The summed E-state index contributed by atoms with van der Waals surface area (Å²) in [5.41, 5.74) is 3.65. The van der Waals surface area contributed by atoms with Crippen molar-refractivity contribution < 1.29 is 4.74 Å². The van der Waals surface area contributed by atoms with Gasteiger partial charge in [-0.1, -0.05) is 15.9 Å². The van der Waals surface area contributed by atoms with Crippen LogP contribution in [-0.4, -0.2) is 18.2 Å². The highest BCUT2D eigenvalue weighted by Gasteiger charge is 2.17. The highest BCUT2D eigenvalue weighted by molar-refractivity contribution is 9.10. The Balaban J connectivity index is 2.04. The fraction of sp³-hybridized carbons (Fsp3) is 0.400. The van der Waals surface area contributed by atoms with E-state index in [-0.39, 0.29) is 0 Å². The molecular formula is C15H16BrNO. The molecule has 1 aromatic carbocycles. The van der Waals surface area contributed by atoms with Crippen molar-refractivity contribution in [3.8, 4) is 0 Å². The molecule has 2 nitrogen and oxygen atoms in total. The van der Waals surface area contributed by atoms with Gasteiger partial charge in [-0.05, 0) is 55.0 Å². The molecule has 3 heteroatoms. The second-order valence-corrected chi connectivity index (χ2v) is 5.82. The van der Waals surface area contributed by atoms with Gasteiger partial charge in [0.05, 0.1) is 5.52 Å². The van der Waals surface area contributed by atoms with Gasteiger partial charge in [0.25, 0.3) is 0 Å². The van der Waals surface area contributed by atoms with Crippen molar-refractivity contribution in [2.24, 2.45) is 0 Å². The van der Waals surface area contributed by atoms with Crippen molar-refractivity contribution in [2.45, 2.75) is 25.7 Å². The number of ether oxygens (including phenoxy) is 1. The topological polar surface area (TPSA) is 22.1 Å². The number of benzene rings is 1.